The SMILES string of the molecule is COc1ccc2nc(N)c(CCl)c(Cc3ccccc3)c2c1. The topological polar surface area (TPSA) is 48.1 Å². The first-order valence-electron chi connectivity index (χ1n) is 7.07. The van der Waals surface area contributed by atoms with Crippen molar-refractivity contribution in [1.29, 1.82) is 0 Å². The molecule has 0 atom stereocenters. The first kappa shape index (κ1) is 14.7. The van der Waals surface area contributed by atoms with Crippen molar-refractivity contribution in [2.45, 2.75) is 12.3 Å². The van der Waals surface area contributed by atoms with E-state index in [0.29, 0.717) is 11.7 Å². The molecular weight excluding hydrogens is 296 g/mol. The van der Waals surface area contributed by atoms with Crippen LogP contribution in [0.3, 0.4) is 0 Å². The molecule has 0 aliphatic rings. The largest absolute Gasteiger partial charge is 0.497 e. The first-order chi connectivity index (χ1) is 10.7. The maximum Gasteiger partial charge on any atom is 0.128 e. The number of ether oxygens (including phenoxy) is 1. The maximum absolute atomic E-state index is 6.13. The van der Waals surface area contributed by atoms with Crippen LogP contribution in [0.1, 0.15) is 16.7 Å². The summed E-state index contributed by atoms with van der Waals surface area (Å²) in [7, 11) is 1.66. The Hall–Kier alpha value is -2.26. The summed E-state index contributed by atoms with van der Waals surface area (Å²) in [6.07, 6.45) is 0.763. The second-order valence-electron chi connectivity index (χ2n) is 5.13. The zero-order chi connectivity index (χ0) is 15.5. The van der Waals surface area contributed by atoms with E-state index >= 15 is 0 Å². The highest BCUT2D eigenvalue weighted by Gasteiger charge is 2.14. The van der Waals surface area contributed by atoms with Gasteiger partial charge in [-0.05, 0) is 35.7 Å². The van der Waals surface area contributed by atoms with Crippen LogP contribution in [-0.2, 0) is 12.3 Å². The number of aromatic nitrogens is 1. The summed E-state index contributed by atoms with van der Waals surface area (Å²) in [5, 5.41) is 1.04. The van der Waals surface area contributed by atoms with E-state index in [-0.39, 0.29) is 0 Å². The van der Waals surface area contributed by atoms with Crippen molar-refractivity contribution in [3.8, 4) is 5.75 Å². The fourth-order valence-corrected chi connectivity index (χ4v) is 2.94. The molecule has 0 radical (unpaired) electrons. The summed E-state index contributed by atoms with van der Waals surface area (Å²) in [5.74, 6) is 1.64. The normalized spacial score (nSPS) is 10.8. The van der Waals surface area contributed by atoms with Gasteiger partial charge in [-0.25, -0.2) is 4.98 Å². The molecule has 0 unspecified atom stereocenters. The summed E-state index contributed by atoms with van der Waals surface area (Å²) in [6.45, 7) is 0. The Morgan fingerprint density at radius 3 is 2.55 bits per heavy atom. The summed E-state index contributed by atoms with van der Waals surface area (Å²) in [4.78, 5) is 4.46. The van der Waals surface area contributed by atoms with Crippen LogP contribution in [-0.4, -0.2) is 12.1 Å². The number of halogens is 1. The van der Waals surface area contributed by atoms with Gasteiger partial charge in [0.05, 0.1) is 18.5 Å². The molecule has 2 N–H and O–H groups in total. The summed E-state index contributed by atoms with van der Waals surface area (Å²) < 4.78 is 5.34. The van der Waals surface area contributed by atoms with Gasteiger partial charge in [0.1, 0.15) is 11.6 Å². The van der Waals surface area contributed by atoms with Crippen LogP contribution in [0.25, 0.3) is 10.9 Å². The third-order valence-electron chi connectivity index (χ3n) is 3.80. The lowest BCUT2D eigenvalue weighted by molar-refractivity contribution is 0.415. The van der Waals surface area contributed by atoms with Gasteiger partial charge in [-0.2, -0.15) is 0 Å². The fourth-order valence-electron chi connectivity index (χ4n) is 2.65. The average molecular weight is 313 g/mol. The number of alkyl halides is 1. The van der Waals surface area contributed by atoms with Crippen molar-refractivity contribution in [1.82, 2.24) is 4.98 Å². The van der Waals surface area contributed by atoms with Crippen LogP contribution in [0.2, 0.25) is 0 Å². The quantitative estimate of drug-likeness (QED) is 0.736. The van der Waals surface area contributed by atoms with Gasteiger partial charge in [-0.3, -0.25) is 0 Å². The number of fused-ring (bicyclic) bond motifs is 1. The number of rotatable bonds is 4. The molecule has 0 amide bonds. The molecule has 22 heavy (non-hydrogen) atoms. The van der Waals surface area contributed by atoms with Gasteiger partial charge in [0.15, 0.2) is 0 Å². The molecule has 112 valence electrons. The molecule has 1 aromatic heterocycles. The van der Waals surface area contributed by atoms with Crippen molar-refractivity contribution in [2.75, 3.05) is 12.8 Å². The van der Waals surface area contributed by atoms with Crippen molar-refractivity contribution in [3.63, 3.8) is 0 Å². The molecule has 3 nitrogen and oxygen atoms in total. The maximum atomic E-state index is 6.13. The zero-order valence-electron chi connectivity index (χ0n) is 12.3. The lowest BCUT2D eigenvalue weighted by Gasteiger charge is -2.14. The number of anilines is 1. The predicted octanol–water partition coefficient (Wildman–Crippen LogP) is 4.16. The molecule has 0 spiro atoms. The minimum absolute atomic E-state index is 0.341. The number of hydrogen-bond acceptors (Lipinski definition) is 3. The molecule has 0 bridgehead atoms. The van der Waals surface area contributed by atoms with Crippen molar-refractivity contribution < 1.29 is 4.74 Å². The number of nitrogens with zero attached hydrogens (tertiary/aromatic N) is 1. The van der Waals surface area contributed by atoms with Crippen molar-refractivity contribution in [2.24, 2.45) is 0 Å². The number of nitrogens with two attached hydrogens (primary N) is 1. The molecule has 4 heteroatoms. The average Bonchev–Trinajstić information content (AvgIpc) is 2.55. The number of methoxy groups -OCH3 is 1. The first-order valence-corrected chi connectivity index (χ1v) is 7.61. The molecule has 1 heterocycles. The van der Waals surface area contributed by atoms with E-state index in [9.17, 15) is 0 Å². The number of benzene rings is 2. The van der Waals surface area contributed by atoms with Crippen LogP contribution < -0.4 is 10.5 Å². The van der Waals surface area contributed by atoms with E-state index in [0.717, 1.165) is 34.2 Å². The monoisotopic (exact) mass is 312 g/mol. The van der Waals surface area contributed by atoms with Gasteiger partial charge >= 0.3 is 0 Å². The van der Waals surface area contributed by atoms with E-state index in [2.05, 4.69) is 17.1 Å². The Balaban J connectivity index is 2.23. The van der Waals surface area contributed by atoms with Crippen molar-refractivity contribution >= 4 is 28.3 Å². The lowest BCUT2D eigenvalue weighted by atomic mass is 9.96. The highest BCUT2D eigenvalue weighted by Crippen LogP contribution is 2.31. The van der Waals surface area contributed by atoms with E-state index < -0.39 is 0 Å². The third kappa shape index (κ3) is 2.72. The molecule has 3 rings (SSSR count). The molecule has 0 aliphatic carbocycles. The fraction of sp³-hybridized carbons (Fsp3) is 0.167. The van der Waals surface area contributed by atoms with Crippen LogP contribution in [0.4, 0.5) is 5.82 Å². The van der Waals surface area contributed by atoms with E-state index in [4.69, 9.17) is 22.1 Å². The summed E-state index contributed by atoms with van der Waals surface area (Å²) in [5.41, 5.74) is 10.2. The second kappa shape index (κ2) is 6.24. The zero-order valence-corrected chi connectivity index (χ0v) is 13.1. The van der Waals surface area contributed by atoms with Gasteiger partial charge in [0, 0.05) is 10.9 Å². The molecule has 0 saturated heterocycles. The Kier molecular flexibility index (Phi) is 4.16. The van der Waals surface area contributed by atoms with E-state index in [1.807, 2.05) is 36.4 Å². The highest BCUT2D eigenvalue weighted by molar-refractivity contribution is 6.17. The highest BCUT2D eigenvalue weighted by atomic mass is 35.5. The molecule has 0 fully saturated rings. The van der Waals surface area contributed by atoms with Crippen LogP contribution in [0, 0.1) is 0 Å². The summed E-state index contributed by atoms with van der Waals surface area (Å²) in [6, 6.07) is 16.1. The van der Waals surface area contributed by atoms with Crippen molar-refractivity contribution in [3.05, 3.63) is 65.2 Å². The standard InChI is InChI=1S/C18H17ClN2O/c1-22-13-7-8-17-15(10-13)14(16(11-19)18(20)21-17)9-12-5-3-2-4-6-12/h2-8,10H,9,11H2,1H3,(H2,20,21). The Morgan fingerprint density at radius 2 is 1.86 bits per heavy atom. The third-order valence-corrected chi connectivity index (χ3v) is 4.07. The molecule has 2 aromatic carbocycles. The number of nitrogen functional groups attached to an aromatic ring is 1. The Bertz CT molecular complexity index is 803. The van der Waals surface area contributed by atoms with E-state index in [1.165, 1.54) is 5.56 Å². The van der Waals surface area contributed by atoms with Gasteiger partial charge in [-0.15, -0.1) is 11.6 Å². The predicted molar refractivity (Wildman–Crippen MR) is 91.5 cm³/mol. The number of pyridine rings is 1. The lowest BCUT2D eigenvalue weighted by Crippen LogP contribution is -2.04. The Labute approximate surface area is 134 Å². The second-order valence-corrected chi connectivity index (χ2v) is 5.40. The summed E-state index contributed by atoms with van der Waals surface area (Å²) >= 11 is 6.13. The smallest absolute Gasteiger partial charge is 0.128 e. The van der Waals surface area contributed by atoms with Gasteiger partial charge in [-0.1, -0.05) is 30.3 Å². The van der Waals surface area contributed by atoms with Crippen LogP contribution >= 0.6 is 11.6 Å². The van der Waals surface area contributed by atoms with Crippen LogP contribution in [0.15, 0.2) is 48.5 Å². The van der Waals surface area contributed by atoms with Gasteiger partial charge in [0.25, 0.3) is 0 Å². The van der Waals surface area contributed by atoms with Gasteiger partial charge in [0.2, 0.25) is 0 Å². The minimum atomic E-state index is 0.341. The minimum Gasteiger partial charge on any atom is -0.497 e. The van der Waals surface area contributed by atoms with Crippen LogP contribution in [0.5, 0.6) is 5.75 Å². The number of hydrogen-bond donors (Lipinski definition) is 1. The molecular formula is C18H17ClN2O. The molecule has 3 aromatic rings. The molecule has 0 saturated carbocycles. The molecule has 0 aliphatic heterocycles. The van der Waals surface area contributed by atoms with Gasteiger partial charge < -0.3 is 10.5 Å². The Morgan fingerprint density at radius 1 is 1.09 bits per heavy atom. The van der Waals surface area contributed by atoms with E-state index in [1.54, 1.807) is 7.11 Å².